The fourth-order valence-corrected chi connectivity index (χ4v) is 2.77. The zero-order chi connectivity index (χ0) is 21.4. The number of aliphatic hydroxyl groups excluding tert-OH is 4. The van der Waals surface area contributed by atoms with Gasteiger partial charge >= 0.3 is 11.9 Å². The lowest BCUT2D eigenvalue weighted by atomic mass is 10.0. The Morgan fingerprint density at radius 2 is 1.25 bits per heavy atom. The van der Waals surface area contributed by atoms with Crippen molar-refractivity contribution in [3.8, 4) is 0 Å². The SMILES string of the molecule is CCCCCCCCCCCCCC(=O)OC(=O)C(O)C(O)C(O)C(O)C=O. The molecule has 0 spiro atoms. The molecule has 0 rings (SSSR count). The average Bonchev–Trinajstić information content (AvgIpc) is 2.69. The van der Waals surface area contributed by atoms with E-state index in [1.165, 1.54) is 44.9 Å². The van der Waals surface area contributed by atoms with Crippen LogP contribution in [0.25, 0.3) is 0 Å². The van der Waals surface area contributed by atoms with Crippen LogP contribution in [0.2, 0.25) is 0 Å². The molecule has 0 aliphatic carbocycles. The first-order valence-electron chi connectivity index (χ1n) is 10.3. The third-order valence-electron chi connectivity index (χ3n) is 4.60. The summed E-state index contributed by atoms with van der Waals surface area (Å²) in [5, 5.41) is 37.5. The van der Waals surface area contributed by atoms with Crippen LogP contribution in [0, 0.1) is 0 Å². The molecule has 8 heteroatoms. The monoisotopic (exact) mass is 404 g/mol. The fourth-order valence-electron chi connectivity index (χ4n) is 2.77. The van der Waals surface area contributed by atoms with Gasteiger partial charge in [0.25, 0.3) is 0 Å². The molecule has 0 fully saturated rings. The Morgan fingerprint density at radius 1 is 0.786 bits per heavy atom. The molecule has 0 aromatic heterocycles. The lowest BCUT2D eigenvalue weighted by molar-refractivity contribution is -0.176. The summed E-state index contributed by atoms with van der Waals surface area (Å²) >= 11 is 0. The van der Waals surface area contributed by atoms with Crippen LogP contribution in [-0.2, 0) is 19.1 Å². The molecule has 0 aliphatic rings. The number of ether oxygens (including phenoxy) is 1. The van der Waals surface area contributed by atoms with Crippen LogP contribution >= 0.6 is 0 Å². The number of esters is 2. The maximum absolute atomic E-state index is 11.6. The molecule has 0 aromatic carbocycles. The average molecular weight is 404 g/mol. The van der Waals surface area contributed by atoms with Gasteiger partial charge in [-0.3, -0.25) is 4.79 Å². The molecule has 164 valence electrons. The lowest BCUT2D eigenvalue weighted by Gasteiger charge is -2.22. The van der Waals surface area contributed by atoms with Crippen molar-refractivity contribution in [2.45, 2.75) is 108 Å². The van der Waals surface area contributed by atoms with Gasteiger partial charge in [-0.15, -0.1) is 0 Å². The van der Waals surface area contributed by atoms with E-state index in [1.807, 2.05) is 0 Å². The van der Waals surface area contributed by atoms with Crippen molar-refractivity contribution >= 4 is 18.2 Å². The summed E-state index contributed by atoms with van der Waals surface area (Å²) in [6.45, 7) is 2.20. The molecule has 4 atom stereocenters. The number of rotatable bonds is 17. The Balaban J connectivity index is 3.80. The zero-order valence-corrected chi connectivity index (χ0v) is 16.8. The zero-order valence-electron chi connectivity index (χ0n) is 16.8. The van der Waals surface area contributed by atoms with Gasteiger partial charge in [0, 0.05) is 6.42 Å². The minimum Gasteiger partial charge on any atom is -0.391 e. The molecule has 0 amide bonds. The molecule has 0 heterocycles. The van der Waals surface area contributed by atoms with Gasteiger partial charge in [0.2, 0.25) is 0 Å². The number of hydrogen-bond acceptors (Lipinski definition) is 8. The summed E-state index contributed by atoms with van der Waals surface area (Å²) in [6.07, 6.45) is 3.81. The number of hydrogen-bond donors (Lipinski definition) is 4. The summed E-state index contributed by atoms with van der Waals surface area (Å²) in [5.74, 6) is -2.27. The molecule has 0 saturated carbocycles. The van der Waals surface area contributed by atoms with E-state index in [-0.39, 0.29) is 12.7 Å². The second kappa shape index (κ2) is 16.6. The van der Waals surface area contributed by atoms with E-state index < -0.39 is 36.4 Å². The smallest absolute Gasteiger partial charge is 0.345 e. The van der Waals surface area contributed by atoms with Crippen molar-refractivity contribution in [3.05, 3.63) is 0 Å². The number of carbonyl (C=O) groups is 3. The van der Waals surface area contributed by atoms with Gasteiger partial charge in [-0.25, -0.2) is 4.79 Å². The summed E-state index contributed by atoms with van der Waals surface area (Å²) in [7, 11) is 0. The summed E-state index contributed by atoms with van der Waals surface area (Å²) in [6, 6.07) is 0. The Kier molecular flexibility index (Phi) is 15.8. The van der Waals surface area contributed by atoms with Crippen LogP contribution in [0.5, 0.6) is 0 Å². The second-order valence-electron chi connectivity index (χ2n) is 7.13. The van der Waals surface area contributed by atoms with Gasteiger partial charge in [-0.05, 0) is 6.42 Å². The normalized spacial score (nSPS) is 15.5. The van der Waals surface area contributed by atoms with Gasteiger partial charge < -0.3 is 30.0 Å². The third-order valence-corrected chi connectivity index (χ3v) is 4.60. The van der Waals surface area contributed by atoms with E-state index in [2.05, 4.69) is 11.7 Å². The topological polar surface area (TPSA) is 141 Å². The van der Waals surface area contributed by atoms with E-state index in [9.17, 15) is 29.7 Å². The van der Waals surface area contributed by atoms with Gasteiger partial charge in [0.1, 0.15) is 18.3 Å². The molecule has 0 bridgehead atoms. The molecule has 0 radical (unpaired) electrons. The standard InChI is InChI=1S/C20H36O8/c1-2-3-4-5-6-7-8-9-10-11-12-13-16(23)28-20(27)19(26)18(25)17(24)15(22)14-21/h14-15,17-19,22,24-26H,2-13H2,1H3. The van der Waals surface area contributed by atoms with Crippen molar-refractivity contribution in [3.63, 3.8) is 0 Å². The maximum atomic E-state index is 11.6. The molecule has 0 aliphatic heterocycles. The van der Waals surface area contributed by atoms with Crippen molar-refractivity contribution < 1.29 is 39.5 Å². The Hall–Kier alpha value is -1.35. The first-order chi connectivity index (χ1) is 13.3. The molecular weight excluding hydrogens is 368 g/mol. The predicted molar refractivity (Wildman–Crippen MR) is 102 cm³/mol. The number of aldehydes is 1. The number of carbonyl (C=O) groups excluding carboxylic acids is 3. The Morgan fingerprint density at radius 3 is 1.71 bits per heavy atom. The third kappa shape index (κ3) is 12.2. The highest BCUT2D eigenvalue weighted by molar-refractivity contribution is 5.88. The van der Waals surface area contributed by atoms with Crippen molar-refractivity contribution in [2.24, 2.45) is 0 Å². The van der Waals surface area contributed by atoms with Crippen LogP contribution in [0.15, 0.2) is 0 Å². The fraction of sp³-hybridized carbons (Fsp3) is 0.850. The first-order valence-corrected chi connectivity index (χ1v) is 10.3. The summed E-state index contributed by atoms with van der Waals surface area (Å²) in [4.78, 5) is 33.5. The van der Waals surface area contributed by atoms with Crippen molar-refractivity contribution in [1.82, 2.24) is 0 Å². The molecule has 0 saturated heterocycles. The minimum atomic E-state index is -2.24. The highest BCUT2D eigenvalue weighted by Gasteiger charge is 2.36. The van der Waals surface area contributed by atoms with Crippen LogP contribution in [0.4, 0.5) is 0 Å². The molecule has 0 aromatic rings. The van der Waals surface area contributed by atoms with E-state index in [0.29, 0.717) is 6.42 Å². The van der Waals surface area contributed by atoms with Gasteiger partial charge in [-0.1, -0.05) is 71.1 Å². The minimum absolute atomic E-state index is 0.00505. The Labute approximate surface area is 166 Å². The number of unbranched alkanes of at least 4 members (excludes halogenated alkanes) is 10. The maximum Gasteiger partial charge on any atom is 0.345 e. The van der Waals surface area contributed by atoms with Gasteiger partial charge in [0.05, 0.1) is 0 Å². The molecule has 4 N–H and O–H groups in total. The highest BCUT2D eigenvalue weighted by atomic mass is 16.6. The highest BCUT2D eigenvalue weighted by Crippen LogP contribution is 2.12. The Bertz CT molecular complexity index is 440. The quantitative estimate of drug-likeness (QED) is 0.123. The van der Waals surface area contributed by atoms with E-state index in [0.717, 1.165) is 19.3 Å². The van der Waals surface area contributed by atoms with Gasteiger partial charge in [0.15, 0.2) is 12.4 Å². The molecule has 28 heavy (non-hydrogen) atoms. The van der Waals surface area contributed by atoms with Crippen molar-refractivity contribution in [2.75, 3.05) is 0 Å². The van der Waals surface area contributed by atoms with E-state index in [4.69, 9.17) is 5.11 Å². The van der Waals surface area contributed by atoms with Crippen LogP contribution in [-0.4, -0.2) is 63.1 Å². The van der Waals surface area contributed by atoms with Crippen LogP contribution < -0.4 is 0 Å². The predicted octanol–water partition coefficient (Wildman–Crippen LogP) is 1.40. The molecular formula is C20H36O8. The largest absolute Gasteiger partial charge is 0.391 e. The number of aliphatic hydroxyl groups is 4. The van der Waals surface area contributed by atoms with E-state index in [1.54, 1.807) is 0 Å². The molecule has 4 unspecified atom stereocenters. The molecule has 8 nitrogen and oxygen atoms in total. The van der Waals surface area contributed by atoms with E-state index >= 15 is 0 Å². The van der Waals surface area contributed by atoms with Crippen LogP contribution in [0.1, 0.15) is 84.0 Å². The second-order valence-corrected chi connectivity index (χ2v) is 7.13. The van der Waals surface area contributed by atoms with Crippen LogP contribution in [0.3, 0.4) is 0 Å². The lowest BCUT2D eigenvalue weighted by Crippen LogP contribution is -2.48. The first kappa shape index (κ1) is 26.6. The summed E-state index contributed by atoms with van der Waals surface area (Å²) in [5.41, 5.74) is 0. The van der Waals surface area contributed by atoms with Crippen molar-refractivity contribution in [1.29, 1.82) is 0 Å². The summed E-state index contributed by atoms with van der Waals surface area (Å²) < 4.78 is 4.42. The van der Waals surface area contributed by atoms with Gasteiger partial charge in [-0.2, -0.15) is 0 Å².